The van der Waals surface area contributed by atoms with E-state index in [9.17, 15) is 13.2 Å². The zero-order valence-corrected chi connectivity index (χ0v) is 13.7. The summed E-state index contributed by atoms with van der Waals surface area (Å²) in [5, 5.41) is 0. The van der Waals surface area contributed by atoms with Crippen molar-refractivity contribution in [2.75, 3.05) is 0 Å². The number of rotatable bonds is 5. The van der Waals surface area contributed by atoms with Crippen LogP contribution in [0.5, 0.6) is 0 Å². The molecule has 0 N–H and O–H groups in total. The highest BCUT2D eigenvalue weighted by Gasteiger charge is 2.18. The smallest absolute Gasteiger partial charge is 0.206 e. The number of benzene rings is 2. The summed E-state index contributed by atoms with van der Waals surface area (Å²) < 4.78 is 40.4. The molecule has 2 aromatic rings. The molecule has 23 heavy (non-hydrogen) atoms. The zero-order valence-electron chi connectivity index (χ0n) is 13.7. The van der Waals surface area contributed by atoms with E-state index in [1.54, 1.807) is 18.2 Å². The van der Waals surface area contributed by atoms with Gasteiger partial charge in [-0.15, -0.1) is 0 Å². The standard InChI is InChI=1S/C20H21F3/c1-4-15(13-20(3,22)23)11-16-9-14(2)10-17(12-16)18-7-5-6-8-19(18)21/h5-10,12-13H,4,11H2,1-3H3/b15-13+. The van der Waals surface area contributed by atoms with Crippen molar-refractivity contribution in [3.05, 3.63) is 71.1 Å². The molecule has 0 unspecified atom stereocenters. The summed E-state index contributed by atoms with van der Waals surface area (Å²) in [4.78, 5) is 0. The molecule has 0 atom stereocenters. The van der Waals surface area contributed by atoms with Gasteiger partial charge in [0.05, 0.1) is 0 Å². The lowest BCUT2D eigenvalue weighted by Crippen LogP contribution is -2.07. The molecule has 3 heteroatoms. The van der Waals surface area contributed by atoms with E-state index in [1.807, 2.05) is 32.0 Å². The molecule has 0 spiro atoms. The lowest BCUT2D eigenvalue weighted by atomic mass is 9.95. The van der Waals surface area contributed by atoms with E-state index in [0.717, 1.165) is 29.7 Å². The van der Waals surface area contributed by atoms with Crippen LogP contribution in [0.25, 0.3) is 11.1 Å². The molecule has 0 nitrogen and oxygen atoms in total. The Morgan fingerprint density at radius 1 is 1.13 bits per heavy atom. The highest BCUT2D eigenvalue weighted by molar-refractivity contribution is 5.66. The van der Waals surface area contributed by atoms with E-state index in [4.69, 9.17) is 0 Å². The normalized spacial score (nSPS) is 12.5. The van der Waals surface area contributed by atoms with Crippen molar-refractivity contribution in [3.8, 4) is 11.1 Å². The van der Waals surface area contributed by atoms with Crippen LogP contribution in [0, 0.1) is 12.7 Å². The first-order chi connectivity index (χ1) is 10.8. The average Bonchev–Trinajstić information content (AvgIpc) is 2.45. The summed E-state index contributed by atoms with van der Waals surface area (Å²) >= 11 is 0. The van der Waals surface area contributed by atoms with Crippen LogP contribution in [0.15, 0.2) is 54.1 Å². The highest BCUT2D eigenvalue weighted by atomic mass is 19.3. The molecule has 2 aromatic carbocycles. The quantitative estimate of drug-likeness (QED) is 0.565. The number of alkyl halides is 2. The van der Waals surface area contributed by atoms with Crippen molar-refractivity contribution in [1.82, 2.24) is 0 Å². The minimum Gasteiger partial charge on any atom is -0.206 e. The van der Waals surface area contributed by atoms with Crippen molar-refractivity contribution < 1.29 is 13.2 Å². The summed E-state index contributed by atoms with van der Waals surface area (Å²) in [5.74, 6) is -3.10. The fraction of sp³-hybridized carbons (Fsp3) is 0.300. The Bertz CT molecular complexity index is 709. The van der Waals surface area contributed by atoms with E-state index in [-0.39, 0.29) is 5.82 Å². The summed E-state index contributed by atoms with van der Waals surface area (Å²) in [6.07, 6.45) is 2.04. The van der Waals surface area contributed by atoms with Gasteiger partial charge in [0.25, 0.3) is 5.92 Å². The first-order valence-corrected chi connectivity index (χ1v) is 7.72. The maximum atomic E-state index is 14.0. The Labute approximate surface area is 135 Å². The van der Waals surface area contributed by atoms with Crippen molar-refractivity contribution in [2.45, 2.75) is 39.5 Å². The molecule has 0 fully saturated rings. The predicted octanol–water partition coefficient (Wildman–Crippen LogP) is 6.34. The molecule has 0 heterocycles. The van der Waals surface area contributed by atoms with Crippen molar-refractivity contribution >= 4 is 0 Å². The number of hydrogen-bond donors (Lipinski definition) is 0. The van der Waals surface area contributed by atoms with Crippen LogP contribution >= 0.6 is 0 Å². The maximum absolute atomic E-state index is 14.0. The van der Waals surface area contributed by atoms with Gasteiger partial charge in [-0.1, -0.05) is 54.5 Å². The second kappa shape index (κ2) is 7.03. The van der Waals surface area contributed by atoms with E-state index < -0.39 is 5.92 Å². The third-order valence-corrected chi connectivity index (χ3v) is 3.66. The Morgan fingerprint density at radius 3 is 2.43 bits per heavy atom. The second-order valence-corrected chi connectivity index (χ2v) is 5.98. The molecule has 122 valence electrons. The Kier molecular flexibility index (Phi) is 5.30. The van der Waals surface area contributed by atoms with Crippen LogP contribution in [-0.4, -0.2) is 5.92 Å². The van der Waals surface area contributed by atoms with Gasteiger partial charge >= 0.3 is 0 Å². The molecule has 2 rings (SSSR count). The van der Waals surface area contributed by atoms with Gasteiger partial charge in [0, 0.05) is 12.5 Å². The van der Waals surface area contributed by atoms with Crippen molar-refractivity contribution in [3.63, 3.8) is 0 Å². The van der Waals surface area contributed by atoms with Gasteiger partial charge in [0.1, 0.15) is 5.82 Å². The third-order valence-electron chi connectivity index (χ3n) is 3.66. The molecular weight excluding hydrogens is 297 g/mol. The molecular formula is C20H21F3. The van der Waals surface area contributed by atoms with Gasteiger partial charge in [-0.2, -0.15) is 0 Å². The molecule has 0 saturated carbocycles. The van der Waals surface area contributed by atoms with Crippen LogP contribution < -0.4 is 0 Å². The largest absolute Gasteiger partial charge is 0.264 e. The van der Waals surface area contributed by atoms with Gasteiger partial charge in [0.15, 0.2) is 0 Å². The number of hydrogen-bond acceptors (Lipinski definition) is 0. The molecule has 0 bridgehead atoms. The molecule has 0 aliphatic carbocycles. The SMILES string of the molecule is CC/C(=C\C(C)(F)F)Cc1cc(C)cc(-c2ccccc2F)c1. The Morgan fingerprint density at radius 2 is 1.83 bits per heavy atom. The van der Waals surface area contributed by atoms with E-state index in [0.29, 0.717) is 24.0 Å². The third kappa shape index (κ3) is 4.98. The predicted molar refractivity (Wildman–Crippen MR) is 89.3 cm³/mol. The minimum atomic E-state index is -2.82. The van der Waals surface area contributed by atoms with Gasteiger partial charge in [0.2, 0.25) is 0 Å². The molecule has 0 aromatic heterocycles. The number of allylic oxidation sites excluding steroid dienone is 2. The van der Waals surface area contributed by atoms with Crippen LogP contribution in [0.1, 0.15) is 31.4 Å². The van der Waals surface area contributed by atoms with Crippen molar-refractivity contribution in [2.24, 2.45) is 0 Å². The van der Waals surface area contributed by atoms with Crippen LogP contribution in [0.4, 0.5) is 13.2 Å². The lowest BCUT2D eigenvalue weighted by molar-refractivity contribution is 0.0762. The maximum Gasteiger partial charge on any atom is 0.264 e. The van der Waals surface area contributed by atoms with E-state index in [2.05, 4.69) is 0 Å². The van der Waals surface area contributed by atoms with Crippen molar-refractivity contribution in [1.29, 1.82) is 0 Å². The summed E-state index contributed by atoms with van der Waals surface area (Å²) in [5.41, 5.74) is 3.89. The van der Waals surface area contributed by atoms with Crippen LogP contribution in [-0.2, 0) is 6.42 Å². The average molecular weight is 318 g/mol. The summed E-state index contributed by atoms with van der Waals surface area (Å²) in [6.45, 7) is 4.69. The summed E-state index contributed by atoms with van der Waals surface area (Å²) in [6, 6.07) is 12.3. The second-order valence-electron chi connectivity index (χ2n) is 5.98. The molecule has 0 amide bonds. The molecule has 0 aliphatic heterocycles. The molecule has 0 aliphatic rings. The Hall–Kier alpha value is -2.03. The number of halogens is 3. The van der Waals surface area contributed by atoms with E-state index in [1.165, 1.54) is 6.07 Å². The minimum absolute atomic E-state index is 0.282. The van der Waals surface area contributed by atoms with Gasteiger partial charge < -0.3 is 0 Å². The molecule has 0 radical (unpaired) electrons. The van der Waals surface area contributed by atoms with Gasteiger partial charge in [-0.25, -0.2) is 13.2 Å². The zero-order chi connectivity index (χ0) is 17.0. The van der Waals surface area contributed by atoms with Gasteiger partial charge in [-0.05, 0) is 43.0 Å². The fourth-order valence-corrected chi connectivity index (χ4v) is 2.71. The first-order valence-electron chi connectivity index (χ1n) is 7.72. The van der Waals surface area contributed by atoms with E-state index >= 15 is 0 Å². The number of aryl methyl sites for hydroxylation is 1. The fourth-order valence-electron chi connectivity index (χ4n) is 2.71. The Balaban J connectivity index is 2.38. The summed E-state index contributed by atoms with van der Waals surface area (Å²) in [7, 11) is 0. The van der Waals surface area contributed by atoms with Crippen LogP contribution in [0.2, 0.25) is 0 Å². The topological polar surface area (TPSA) is 0 Å². The lowest BCUT2D eigenvalue weighted by Gasteiger charge is -2.12. The first kappa shape index (κ1) is 17.3. The molecule has 0 saturated heterocycles. The van der Waals surface area contributed by atoms with Gasteiger partial charge in [-0.3, -0.25) is 0 Å². The van der Waals surface area contributed by atoms with Crippen LogP contribution in [0.3, 0.4) is 0 Å². The monoisotopic (exact) mass is 318 g/mol. The highest BCUT2D eigenvalue weighted by Crippen LogP contribution is 2.27.